The van der Waals surface area contributed by atoms with Gasteiger partial charge in [-0.3, -0.25) is 0 Å². The highest BCUT2D eigenvalue weighted by Gasteiger charge is 2.40. The van der Waals surface area contributed by atoms with Crippen molar-refractivity contribution < 1.29 is 27.8 Å². The van der Waals surface area contributed by atoms with Crippen LogP contribution in [0.5, 0.6) is 11.5 Å². The number of para-hydroxylation sites is 1. The van der Waals surface area contributed by atoms with E-state index in [4.69, 9.17) is 9.47 Å². The molecule has 1 aliphatic carbocycles. The van der Waals surface area contributed by atoms with Crippen LogP contribution in [0.1, 0.15) is 50.5 Å². The average Bonchev–Trinajstić information content (AvgIpc) is 3.14. The third kappa shape index (κ3) is 3.90. The van der Waals surface area contributed by atoms with Gasteiger partial charge in [0.05, 0.1) is 5.75 Å². The monoisotopic (exact) mass is 369 g/mol. The quantitative estimate of drug-likeness (QED) is 0.681. The lowest BCUT2D eigenvalue weighted by Crippen LogP contribution is -2.45. The van der Waals surface area contributed by atoms with E-state index in [0.717, 1.165) is 24.8 Å². The van der Waals surface area contributed by atoms with Crippen LogP contribution in [0.3, 0.4) is 0 Å². The van der Waals surface area contributed by atoms with Gasteiger partial charge in [-0.1, -0.05) is 25.5 Å². The summed E-state index contributed by atoms with van der Waals surface area (Å²) in [6.45, 7) is 1.86. The topological polar surface area (TPSA) is 102 Å². The predicted molar refractivity (Wildman–Crippen MR) is 91.3 cm³/mol. The standard InChI is InChI=1S/C17H23NO6S/c1-2-3-10-25(21,22)18-16(17(19)20)24-14-9-5-7-12-11-6-4-8-13(11)23-15(12)14/h5,7,9,11,13,16,18H,2-4,6,8,10H2,1H3,(H,19,20). The summed E-state index contributed by atoms with van der Waals surface area (Å²) >= 11 is 0. The van der Waals surface area contributed by atoms with Crippen molar-refractivity contribution in [1.29, 1.82) is 0 Å². The Morgan fingerprint density at radius 3 is 2.96 bits per heavy atom. The van der Waals surface area contributed by atoms with E-state index in [-0.39, 0.29) is 17.6 Å². The van der Waals surface area contributed by atoms with Crippen molar-refractivity contribution in [2.75, 3.05) is 5.75 Å². The molecule has 0 aromatic heterocycles. The molecule has 1 aromatic rings. The van der Waals surface area contributed by atoms with Gasteiger partial charge in [0, 0.05) is 11.5 Å². The maximum atomic E-state index is 12.0. The van der Waals surface area contributed by atoms with Gasteiger partial charge in [-0.15, -0.1) is 0 Å². The molecule has 1 fully saturated rings. The van der Waals surface area contributed by atoms with E-state index in [2.05, 4.69) is 4.72 Å². The number of aliphatic carboxylic acids is 1. The highest BCUT2D eigenvalue weighted by molar-refractivity contribution is 7.89. The molecule has 0 amide bonds. The summed E-state index contributed by atoms with van der Waals surface area (Å²) in [7, 11) is -3.73. The molecule has 8 heteroatoms. The van der Waals surface area contributed by atoms with Crippen molar-refractivity contribution in [3.05, 3.63) is 23.8 Å². The second kappa shape index (κ2) is 7.21. The van der Waals surface area contributed by atoms with Gasteiger partial charge in [-0.25, -0.2) is 13.2 Å². The minimum Gasteiger partial charge on any atom is -0.486 e. The minimum absolute atomic E-state index is 0.101. The van der Waals surface area contributed by atoms with Gasteiger partial charge < -0.3 is 14.6 Å². The molecule has 1 saturated carbocycles. The number of carboxylic acids is 1. The van der Waals surface area contributed by atoms with Gasteiger partial charge in [-0.05, 0) is 31.7 Å². The van der Waals surface area contributed by atoms with Crippen LogP contribution in [0.2, 0.25) is 0 Å². The molecule has 1 aliphatic heterocycles. The van der Waals surface area contributed by atoms with Gasteiger partial charge in [0.2, 0.25) is 10.0 Å². The average molecular weight is 369 g/mol. The highest BCUT2D eigenvalue weighted by Crippen LogP contribution is 2.50. The van der Waals surface area contributed by atoms with Crippen LogP contribution in [-0.4, -0.2) is 37.6 Å². The van der Waals surface area contributed by atoms with E-state index in [9.17, 15) is 18.3 Å². The molecule has 3 unspecified atom stereocenters. The smallest absolute Gasteiger partial charge is 0.361 e. The number of hydrogen-bond donors (Lipinski definition) is 2. The number of carbonyl (C=O) groups is 1. The Bertz CT molecular complexity index is 748. The SMILES string of the molecule is CCCCS(=O)(=O)NC(Oc1cccc2c1OC1CCCC21)C(=O)O. The van der Waals surface area contributed by atoms with Crippen molar-refractivity contribution in [1.82, 2.24) is 4.72 Å². The molecule has 3 rings (SSSR count). The van der Waals surface area contributed by atoms with E-state index in [0.29, 0.717) is 24.5 Å². The van der Waals surface area contributed by atoms with E-state index >= 15 is 0 Å². The zero-order valence-corrected chi connectivity index (χ0v) is 14.9. The Kier molecular flexibility index (Phi) is 5.19. The van der Waals surface area contributed by atoms with Crippen LogP contribution >= 0.6 is 0 Å². The Morgan fingerprint density at radius 1 is 1.44 bits per heavy atom. The number of nitrogens with one attached hydrogen (secondary N) is 1. The molecular weight excluding hydrogens is 346 g/mol. The Morgan fingerprint density at radius 2 is 2.24 bits per heavy atom. The number of hydrogen-bond acceptors (Lipinski definition) is 5. The fourth-order valence-corrected chi connectivity index (χ4v) is 4.69. The molecule has 1 heterocycles. The molecule has 1 aromatic carbocycles. The Balaban J connectivity index is 1.78. The van der Waals surface area contributed by atoms with Crippen molar-refractivity contribution in [2.45, 2.75) is 57.3 Å². The maximum absolute atomic E-state index is 12.0. The van der Waals surface area contributed by atoms with Gasteiger partial charge in [0.1, 0.15) is 6.10 Å². The third-order valence-corrected chi connectivity index (χ3v) is 6.05. The number of rotatable bonds is 8. The number of benzene rings is 1. The summed E-state index contributed by atoms with van der Waals surface area (Å²) in [6, 6.07) is 5.35. The number of carboxylic acid groups (broad SMARTS) is 1. The highest BCUT2D eigenvalue weighted by atomic mass is 32.2. The summed E-state index contributed by atoms with van der Waals surface area (Å²) in [5.74, 6) is -0.419. The van der Waals surface area contributed by atoms with Crippen LogP contribution in [-0.2, 0) is 14.8 Å². The number of unbranched alkanes of at least 4 members (excludes halogenated alkanes) is 1. The second-order valence-corrected chi connectivity index (χ2v) is 8.37. The molecular formula is C17H23NO6S. The zero-order chi connectivity index (χ0) is 18.0. The summed E-state index contributed by atoms with van der Waals surface area (Å²) in [6.07, 6.45) is 2.67. The Hall–Kier alpha value is -1.80. The molecule has 3 atom stereocenters. The first kappa shape index (κ1) is 18.0. The molecule has 0 radical (unpaired) electrons. The maximum Gasteiger partial charge on any atom is 0.361 e. The second-order valence-electron chi connectivity index (χ2n) is 6.49. The molecule has 2 aliphatic rings. The third-order valence-electron chi connectivity index (χ3n) is 4.65. The first-order valence-corrected chi connectivity index (χ1v) is 10.3. The summed E-state index contributed by atoms with van der Waals surface area (Å²) < 4.78 is 37.5. The molecule has 2 N–H and O–H groups in total. The fourth-order valence-electron chi connectivity index (χ4n) is 3.43. The lowest BCUT2D eigenvalue weighted by atomic mass is 9.97. The fraction of sp³-hybridized carbons (Fsp3) is 0.588. The minimum atomic E-state index is -3.73. The van der Waals surface area contributed by atoms with E-state index in [1.807, 2.05) is 13.0 Å². The number of sulfonamides is 1. The van der Waals surface area contributed by atoms with Crippen molar-refractivity contribution >= 4 is 16.0 Å². The molecule has 7 nitrogen and oxygen atoms in total. The van der Waals surface area contributed by atoms with Gasteiger partial charge >= 0.3 is 5.97 Å². The van der Waals surface area contributed by atoms with Crippen LogP contribution < -0.4 is 14.2 Å². The number of ether oxygens (including phenoxy) is 2. The molecule has 0 spiro atoms. The van der Waals surface area contributed by atoms with E-state index < -0.39 is 22.2 Å². The largest absolute Gasteiger partial charge is 0.486 e. The Labute approximate surface area is 147 Å². The van der Waals surface area contributed by atoms with Gasteiger partial charge in [0.25, 0.3) is 6.23 Å². The molecule has 25 heavy (non-hydrogen) atoms. The molecule has 138 valence electrons. The first-order chi connectivity index (χ1) is 11.9. The summed E-state index contributed by atoms with van der Waals surface area (Å²) in [4.78, 5) is 11.5. The molecule has 0 saturated heterocycles. The van der Waals surface area contributed by atoms with E-state index in [1.165, 1.54) is 0 Å². The van der Waals surface area contributed by atoms with Crippen LogP contribution in [0.25, 0.3) is 0 Å². The van der Waals surface area contributed by atoms with Gasteiger partial charge in [0.15, 0.2) is 11.5 Å². The molecule has 0 bridgehead atoms. The normalized spacial score (nSPS) is 22.8. The predicted octanol–water partition coefficient (Wildman–Crippen LogP) is 2.22. The lowest BCUT2D eigenvalue weighted by Gasteiger charge is -2.18. The van der Waals surface area contributed by atoms with Crippen molar-refractivity contribution in [3.63, 3.8) is 0 Å². The number of fused-ring (bicyclic) bond motifs is 3. The van der Waals surface area contributed by atoms with Crippen molar-refractivity contribution in [2.24, 2.45) is 0 Å². The summed E-state index contributed by atoms with van der Waals surface area (Å²) in [5.41, 5.74) is 1.01. The van der Waals surface area contributed by atoms with Crippen LogP contribution in [0, 0.1) is 0 Å². The first-order valence-electron chi connectivity index (χ1n) is 8.60. The van der Waals surface area contributed by atoms with E-state index in [1.54, 1.807) is 12.1 Å². The van der Waals surface area contributed by atoms with Gasteiger partial charge in [-0.2, -0.15) is 4.72 Å². The van der Waals surface area contributed by atoms with Crippen LogP contribution in [0.15, 0.2) is 18.2 Å². The van der Waals surface area contributed by atoms with Crippen LogP contribution in [0.4, 0.5) is 0 Å². The van der Waals surface area contributed by atoms with Crippen molar-refractivity contribution in [3.8, 4) is 11.5 Å². The lowest BCUT2D eigenvalue weighted by molar-refractivity contribution is -0.145. The summed E-state index contributed by atoms with van der Waals surface area (Å²) in [5, 5.41) is 9.34. The zero-order valence-electron chi connectivity index (χ0n) is 14.1.